The molecule has 1 aromatic carbocycles. The summed E-state index contributed by atoms with van der Waals surface area (Å²) >= 11 is 6.20. The van der Waals surface area contributed by atoms with E-state index in [1.807, 2.05) is 0 Å². The van der Waals surface area contributed by atoms with Crippen LogP contribution in [0.3, 0.4) is 0 Å². The zero-order chi connectivity index (χ0) is 15.6. The summed E-state index contributed by atoms with van der Waals surface area (Å²) in [5.41, 5.74) is 5.95. The van der Waals surface area contributed by atoms with Crippen molar-refractivity contribution in [1.82, 2.24) is 4.98 Å². The van der Waals surface area contributed by atoms with Crippen LogP contribution in [0.25, 0.3) is 0 Å². The molecular weight excluding hydrogens is 326 g/mol. The average Bonchev–Trinajstić information content (AvgIpc) is 2.81. The molecule has 2 aromatic rings. The maximum Gasteiger partial charge on any atom is 0.340 e. The molecule has 0 unspecified atom stereocenters. The van der Waals surface area contributed by atoms with Gasteiger partial charge in [0, 0.05) is 5.69 Å². The molecule has 112 valence electrons. The highest BCUT2D eigenvalue weighted by molar-refractivity contribution is 7.14. The summed E-state index contributed by atoms with van der Waals surface area (Å²) < 4.78 is 35.1. The number of aromatic nitrogens is 1. The monoisotopic (exact) mass is 334 g/mol. The van der Waals surface area contributed by atoms with E-state index in [1.165, 1.54) is 25.3 Å². The molecular formula is C12H9ClF2N2O3S. The summed E-state index contributed by atoms with van der Waals surface area (Å²) in [6.07, 6.45) is -2.73. The highest BCUT2D eigenvalue weighted by Crippen LogP contribution is 2.38. The van der Waals surface area contributed by atoms with Gasteiger partial charge in [-0.25, -0.2) is 13.6 Å². The maximum atomic E-state index is 12.6. The number of methoxy groups -OCH3 is 1. The molecule has 0 radical (unpaired) electrons. The normalized spacial score (nSPS) is 10.7. The number of nitrogens with zero attached hydrogens (tertiary/aromatic N) is 1. The lowest BCUT2D eigenvalue weighted by atomic mass is 10.2. The number of alkyl halides is 2. The number of carbonyl (C=O) groups excluding carboxylic acids is 1. The molecule has 0 amide bonds. The zero-order valence-electron chi connectivity index (χ0n) is 10.6. The number of carbonyl (C=O) groups is 1. The number of benzene rings is 1. The first kappa shape index (κ1) is 15.5. The molecule has 0 fully saturated rings. The Labute approximate surface area is 127 Å². The molecule has 1 aromatic heterocycles. The van der Waals surface area contributed by atoms with Crippen molar-refractivity contribution in [2.75, 3.05) is 12.8 Å². The van der Waals surface area contributed by atoms with E-state index in [-0.39, 0.29) is 32.2 Å². The van der Waals surface area contributed by atoms with Crippen LogP contribution in [0, 0.1) is 0 Å². The zero-order valence-corrected chi connectivity index (χ0v) is 12.2. The van der Waals surface area contributed by atoms with Gasteiger partial charge in [-0.3, -0.25) is 0 Å². The first-order chi connectivity index (χ1) is 9.92. The van der Waals surface area contributed by atoms with Gasteiger partial charge in [0.25, 0.3) is 11.6 Å². The molecule has 0 aliphatic carbocycles. The number of rotatable bonds is 4. The Morgan fingerprint density at radius 1 is 1.48 bits per heavy atom. The smallest absolute Gasteiger partial charge is 0.340 e. The van der Waals surface area contributed by atoms with Crippen LogP contribution >= 0.6 is 22.9 Å². The van der Waals surface area contributed by atoms with Gasteiger partial charge in [-0.15, -0.1) is 0 Å². The third-order valence-electron chi connectivity index (χ3n) is 2.42. The van der Waals surface area contributed by atoms with E-state index < -0.39 is 12.4 Å². The second-order valence-corrected chi connectivity index (χ2v) is 5.13. The summed E-state index contributed by atoms with van der Waals surface area (Å²) in [6, 6.07) is 4.24. The Balaban J connectivity index is 2.28. The van der Waals surface area contributed by atoms with E-state index in [0.29, 0.717) is 11.3 Å². The Bertz CT molecular complexity index is 679. The summed E-state index contributed by atoms with van der Waals surface area (Å²) in [5.74, 6) is -0.431. The predicted molar refractivity (Wildman–Crippen MR) is 74.3 cm³/mol. The number of anilines is 1. The number of halogens is 3. The Morgan fingerprint density at radius 3 is 2.76 bits per heavy atom. The van der Waals surface area contributed by atoms with Crippen molar-refractivity contribution in [3.63, 3.8) is 0 Å². The van der Waals surface area contributed by atoms with E-state index in [4.69, 9.17) is 22.1 Å². The Kier molecular flexibility index (Phi) is 4.59. The van der Waals surface area contributed by atoms with Crippen LogP contribution in [-0.4, -0.2) is 18.1 Å². The van der Waals surface area contributed by atoms with Gasteiger partial charge in [0.15, 0.2) is 5.15 Å². The van der Waals surface area contributed by atoms with Gasteiger partial charge in [-0.1, -0.05) is 22.9 Å². The number of esters is 1. The van der Waals surface area contributed by atoms with Crippen molar-refractivity contribution in [3.05, 3.63) is 33.8 Å². The molecule has 0 saturated heterocycles. The molecule has 0 aliphatic heterocycles. The van der Waals surface area contributed by atoms with Gasteiger partial charge in [0.2, 0.25) is 0 Å². The first-order valence-corrected chi connectivity index (χ1v) is 6.72. The summed E-state index contributed by atoms with van der Waals surface area (Å²) in [4.78, 5) is 14.8. The lowest BCUT2D eigenvalue weighted by Crippen LogP contribution is -2.05. The van der Waals surface area contributed by atoms with Crippen molar-refractivity contribution in [2.45, 2.75) is 6.43 Å². The fraction of sp³-hybridized carbons (Fsp3) is 0.167. The lowest BCUT2D eigenvalue weighted by molar-refractivity contribution is 0.0601. The van der Waals surface area contributed by atoms with Crippen LogP contribution in [0.5, 0.6) is 10.9 Å². The number of hydrogen-bond acceptors (Lipinski definition) is 6. The SMILES string of the molecule is COC(=O)c1cc(Oc2nc(Cl)c(C(F)F)s2)ccc1N. The second-order valence-electron chi connectivity index (χ2n) is 3.78. The summed E-state index contributed by atoms with van der Waals surface area (Å²) in [5, 5.41) is -0.371. The number of thiazole rings is 1. The van der Waals surface area contributed by atoms with Crippen molar-refractivity contribution in [3.8, 4) is 10.9 Å². The minimum absolute atomic E-state index is 0.0594. The standard InChI is InChI=1S/C12H9ClF2N2O3S/c1-19-11(18)6-4-5(2-3-7(6)16)20-12-17-9(13)8(21-12)10(14)15/h2-4,10H,16H2,1H3. The number of hydrogen-bond donors (Lipinski definition) is 1. The Morgan fingerprint density at radius 2 is 2.19 bits per heavy atom. The van der Waals surface area contributed by atoms with E-state index in [1.54, 1.807) is 0 Å². The third kappa shape index (κ3) is 3.40. The quantitative estimate of drug-likeness (QED) is 0.678. The molecule has 1 heterocycles. The maximum absolute atomic E-state index is 12.6. The van der Waals surface area contributed by atoms with Crippen LogP contribution < -0.4 is 10.5 Å². The second kappa shape index (κ2) is 6.23. The molecule has 21 heavy (non-hydrogen) atoms. The van der Waals surface area contributed by atoms with Gasteiger partial charge in [-0.2, -0.15) is 4.98 Å². The lowest BCUT2D eigenvalue weighted by Gasteiger charge is -2.06. The molecule has 9 heteroatoms. The van der Waals surface area contributed by atoms with Gasteiger partial charge < -0.3 is 15.2 Å². The van der Waals surface area contributed by atoms with E-state index >= 15 is 0 Å². The molecule has 0 atom stereocenters. The number of nitrogen functional groups attached to an aromatic ring is 1. The van der Waals surface area contributed by atoms with Crippen molar-refractivity contribution < 1.29 is 23.0 Å². The first-order valence-electron chi connectivity index (χ1n) is 5.52. The topological polar surface area (TPSA) is 74.4 Å². The third-order valence-corrected chi connectivity index (χ3v) is 3.76. The van der Waals surface area contributed by atoms with Gasteiger partial charge in [0.1, 0.15) is 10.6 Å². The fourth-order valence-electron chi connectivity index (χ4n) is 1.46. The molecule has 2 rings (SSSR count). The minimum Gasteiger partial charge on any atom is -0.465 e. The minimum atomic E-state index is -2.73. The largest absolute Gasteiger partial charge is 0.465 e. The van der Waals surface area contributed by atoms with Crippen LogP contribution in [0.1, 0.15) is 21.7 Å². The molecule has 5 nitrogen and oxygen atoms in total. The van der Waals surface area contributed by atoms with E-state index in [9.17, 15) is 13.6 Å². The highest BCUT2D eigenvalue weighted by Gasteiger charge is 2.19. The van der Waals surface area contributed by atoms with Crippen LogP contribution in [0.15, 0.2) is 18.2 Å². The van der Waals surface area contributed by atoms with Gasteiger partial charge in [0.05, 0.1) is 12.7 Å². The van der Waals surface area contributed by atoms with Gasteiger partial charge in [-0.05, 0) is 18.2 Å². The average molecular weight is 335 g/mol. The summed E-state index contributed by atoms with van der Waals surface area (Å²) in [7, 11) is 1.21. The predicted octanol–water partition coefficient (Wildman–Crippen LogP) is 3.90. The molecule has 0 aliphatic rings. The molecule has 0 saturated carbocycles. The van der Waals surface area contributed by atoms with E-state index in [2.05, 4.69) is 9.72 Å². The molecule has 0 bridgehead atoms. The van der Waals surface area contributed by atoms with Crippen molar-refractivity contribution >= 4 is 34.6 Å². The molecule has 0 spiro atoms. The fourth-order valence-corrected chi connectivity index (χ4v) is 2.47. The highest BCUT2D eigenvalue weighted by atomic mass is 35.5. The van der Waals surface area contributed by atoms with E-state index in [0.717, 1.165) is 0 Å². The van der Waals surface area contributed by atoms with Crippen molar-refractivity contribution in [2.24, 2.45) is 0 Å². The number of ether oxygens (including phenoxy) is 2. The van der Waals surface area contributed by atoms with Crippen LogP contribution in [-0.2, 0) is 4.74 Å². The number of nitrogens with two attached hydrogens (primary N) is 1. The van der Waals surface area contributed by atoms with Crippen LogP contribution in [0.2, 0.25) is 5.15 Å². The molecule has 2 N–H and O–H groups in total. The van der Waals surface area contributed by atoms with Crippen LogP contribution in [0.4, 0.5) is 14.5 Å². The van der Waals surface area contributed by atoms with Gasteiger partial charge >= 0.3 is 5.97 Å². The summed E-state index contributed by atoms with van der Waals surface area (Å²) in [6.45, 7) is 0. The Hall–Kier alpha value is -1.93. The van der Waals surface area contributed by atoms with Crippen molar-refractivity contribution in [1.29, 1.82) is 0 Å².